The van der Waals surface area contributed by atoms with E-state index in [-0.39, 0.29) is 17.4 Å². The third kappa shape index (κ3) is 2.86. The van der Waals surface area contributed by atoms with Crippen molar-refractivity contribution in [1.29, 1.82) is 0 Å². The fourth-order valence-corrected chi connectivity index (χ4v) is 2.70. The molecule has 0 aliphatic heterocycles. The highest BCUT2D eigenvalue weighted by Crippen LogP contribution is 2.15. The van der Waals surface area contributed by atoms with Gasteiger partial charge < -0.3 is 4.74 Å². The topological polar surface area (TPSA) is 56.3 Å². The van der Waals surface area contributed by atoms with E-state index in [0.29, 0.717) is 12.1 Å². The lowest BCUT2D eigenvalue weighted by molar-refractivity contribution is 0.163. The highest BCUT2D eigenvalue weighted by atomic mass is 32.2. The van der Waals surface area contributed by atoms with Gasteiger partial charge in [-0.25, -0.2) is 13.4 Å². The lowest BCUT2D eigenvalue weighted by atomic mass is 10.2. The van der Waals surface area contributed by atoms with Crippen LogP contribution in [0.25, 0.3) is 10.9 Å². The maximum atomic E-state index is 12.0. The average molecular weight is 265 g/mol. The second-order valence-electron chi connectivity index (χ2n) is 3.86. The first-order chi connectivity index (χ1) is 8.63. The van der Waals surface area contributed by atoms with Crippen LogP contribution in [0.4, 0.5) is 0 Å². The van der Waals surface area contributed by atoms with E-state index in [1.807, 2.05) is 25.1 Å². The molecule has 0 fully saturated rings. The highest BCUT2D eigenvalue weighted by molar-refractivity contribution is 7.91. The van der Waals surface area contributed by atoms with Crippen LogP contribution < -0.4 is 0 Å². The SMILES string of the molecule is CCOCCS(=O)(=O)c1ccc2ccccc2n1. The van der Waals surface area contributed by atoms with Crippen LogP contribution in [0.3, 0.4) is 0 Å². The molecular weight excluding hydrogens is 250 g/mol. The van der Waals surface area contributed by atoms with E-state index in [4.69, 9.17) is 4.74 Å². The van der Waals surface area contributed by atoms with Crippen LogP contribution in [0.15, 0.2) is 41.4 Å². The summed E-state index contributed by atoms with van der Waals surface area (Å²) >= 11 is 0. The van der Waals surface area contributed by atoms with Gasteiger partial charge in [0.05, 0.1) is 17.9 Å². The number of hydrogen-bond donors (Lipinski definition) is 0. The Labute approximate surface area is 107 Å². The number of para-hydroxylation sites is 1. The minimum atomic E-state index is -3.36. The molecule has 0 saturated carbocycles. The van der Waals surface area contributed by atoms with Crippen molar-refractivity contribution in [3.05, 3.63) is 36.4 Å². The molecule has 0 atom stereocenters. The Balaban J connectivity index is 2.30. The first-order valence-corrected chi connectivity index (χ1v) is 7.45. The summed E-state index contributed by atoms with van der Waals surface area (Å²) in [6.45, 7) is 2.55. The Kier molecular flexibility index (Phi) is 3.93. The van der Waals surface area contributed by atoms with Gasteiger partial charge in [0, 0.05) is 12.0 Å². The third-order valence-electron chi connectivity index (χ3n) is 2.59. The fourth-order valence-electron chi connectivity index (χ4n) is 1.64. The monoisotopic (exact) mass is 265 g/mol. The molecule has 1 heterocycles. The zero-order valence-corrected chi connectivity index (χ0v) is 11.0. The molecule has 96 valence electrons. The van der Waals surface area contributed by atoms with E-state index in [0.717, 1.165) is 5.39 Å². The van der Waals surface area contributed by atoms with Crippen molar-refractivity contribution in [2.45, 2.75) is 11.9 Å². The summed E-state index contributed by atoms with van der Waals surface area (Å²) in [4.78, 5) is 4.18. The molecule has 1 aromatic carbocycles. The van der Waals surface area contributed by atoms with Gasteiger partial charge in [-0.3, -0.25) is 0 Å². The number of fused-ring (bicyclic) bond motifs is 1. The second-order valence-corrected chi connectivity index (χ2v) is 5.91. The van der Waals surface area contributed by atoms with E-state index in [1.54, 1.807) is 18.2 Å². The summed E-state index contributed by atoms with van der Waals surface area (Å²) in [5.41, 5.74) is 0.690. The maximum absolute atomic E-state index is 12.0. The van der Waals surface area contributed by atoms with Crippen LogP contribution in [0, 0.1) is 0 Å². The van der Waals surface area contributed by atoms with Gasteiger partial charge in [0.2, 0.25) is 0 Å². The van der Waals surface area contributed by atoms with Crippen molar-refractivity contribution in [1.82, 2.24) is 4.98 Å². The number of sulfone groups is 1. The van der Waals surface area contributed by atoms with Gasteiger partial charge >= 0.3 is 0 Å². The lowest BCUT2D eigenvalue weighted by Crippen LogP contribution is -2.13. The molecule has 0 bridgehead atoms. The van der Waals surface area contributed by atoms with E-state index < -0.39 is 9.84 Å². The average Bonchev–Trinajstić information content (AvgIpc) is 2.38. The highest BCUT2D eigenvalue weighted by Gasteiger charge is 2.16. The Morgan fingerprint density at radius 3 is 2.72 bits per heavy atom. The van der Waals surface area contributed by atoms with Gasteiger partial charge in [-0.2, -0.15) is 0 Å². The van der Waals surface area contributed by atoms with Crippen molar-refractivity contribution in [2.24, 2.45) is 0 Å². The van der Waals surface area contributed by atoms with Crippen LogP contribution in [0.1, 0.15) is 6.92 Å². The number of nitrogens with zero attached hydrogens (tertiary/aromatic N) is 1. The van der Waals surface area contributed by atoms with Crippen molar-refractivity contribution >= 4 is 20.7 Å². The molecule has 0 aliphatic rings. The van der Waals surface area contributed by atoms with Crippen molar-refractivity contribution < 1.29 is 13.2 Å². The minimum absolute atomic E-state index is 0.0355. The van der Waals surface area contributed by atoms with Gasteiger partial charge in [0.1, 0.15) is 0 Å². The summed E-state index contributed by atoms with van der Waals surface area (Å²) in [7, 11) is -3.36. The van der Waals surface area contributed by atoms with Gasteiger partial charge in [0.15, 0.2) is 14.9 Å². The first kappa shape index (κ1) is 13.0. The van der Waals surface area contributed by atoms with Crippen molar-refractivity contribution in [2.75, 3.05) is 19.0 Å². The van der Waals surface area contributed by atoms with Gasteiger partial charge in [-0.1, -0.05) is 18.2 Å². The summed E-state index contributed by atoms with van der Waals surface area (Å²) in [6.07, 6.45) is 0. The van der Waals surface area contributed by atoms with Crippen LogP contribution in [0.2, 0.25) is 0 Å². The maximum Gasteiger partial charge on any atom is 0.197 e. The summed E-state index contributed by atoms with van der Waals surface area (Å²) in [5.74, 6) is -0.0355. The van der Waals surface area contributed by atoms with E-state index in [9.17, 15) is 8.42 Å². The molecule has 0 saturated heterocycles. The number of aromatic nitrogens is 1. The molecule has 2 rings (SSSR count). The number of hydrogen-bond acceptors (Lipinski definition) is 4. The molecule has 0 spiro atoms. The molecular formula is C13H15NO3S. The summed E-state index contributed by atoms with van der Waals surface area (Å²) in [5, 5.41) is 1.04. The largest absolute Gasteiger partial charge is 0.381 e. The second kappa shape index (κ2) is 5.46. The normalized spacial score (nSPS) is 11.8. The Morgan fingerprint density at radius 2 is 1.94 bits per heavy atom. The van der Waals surface area contributed by atoms with Gasteiger partial charge in [-0.15, -0.1) is 0 Å². The van der Waals surface area contributed by atoms with Crippen LogP contribution >= 0.6 is 0 Å². The fraction of sp³-hybridized carbons (Fsp3) is 0.308. The zero-order valence-electron chi connectivity index (χ0n) is 10.2. The van der Waals surface area contributed by atoms with Gasteiger partial charge in [-0.05, 0) is 25.1 Å². The van der Waals surface area contributed by atoms with Crippen molar-refractivity contribution in [3.8, 4) is 0 Å². The molecule has 0 radical (unpaired) electrons. The van der Waals surface area contributed by atoms with Crippen LogP contribution in [0.5, 0.6) is 0 Å². The molecule has 18 heavy (non-hydrogen) atoms. The van der Waals surface area contributed by atoms with E-state index >= 15 is 0 Å². The molecule has 0 N–H and O–H groups in total. The number of benzene rings is 1. The molecule has 1 aromatic heterocycles. The predicted octanol–water partition coefficient (Wildman–Crippen LogP) is 2.04. The Morgan fingerprint density at radius 1 is 1.17 bits per heavy atom. The quantitative estimate of drug-likeness (QED) is 0.776. The molecule has 0 unspecified atom stereocenters. The minimum Gasteiger partial charge on any atom is -0.381 e. The standard InChI is InChI=1S/C13H15NO3S/c1-2-17-9-10-18(15,16)13-8-7-11-5-3-4-6-12(11)14-13/h3-8H,2,9-10H2,1H3. The third-order valence-corrected chi connectivity index (χ3v) is 4.16. The molecule has 5 heteroatoms. The predicted molar refractivity (Wildman–Crippen MR) is 70.3 cm³/mol. The Hall–Kier alpha value is -1.46. The number of pyridine rings is 1. The van der Waals surface area contributed by atoms with E-state index in [1.165, 1.54) is 0 Å². The number of rotatable bonds is 5. The molecule has 2 aromatic rings. The number of ether oxygens (including phenoxy) is 1. The smallest absolute Gasteiger partial charge is 0.197 e. The summed E-state index contributed by atoms with van der Waals surface area (Å²) in [6, 6.07) is 10.8. The van der Waals surface area contributed by atoms with E-state index in [2.05, 4.69) is 4.98 Å². The zero-order chi connectivity index (χ0) is 13.0. The summed E-state index contributed by atoms with van der Waals surface area (Å²) < 4.78 is 29.1. The lowest BCUT2D eigenvalue weighted by Gasteiger charge is -2.05. The van der Waals surface area contributed by atoms with Crippen LogP contribution in [-0.2, 0) is 14.6 Å². The molecule has 0 aliphatic carbocycles. The van der Waals surface area contributed by atoms with Crippen LogP contribution in [-0.4, -0.2) is 32.4 Å². The van der Waals surface area contributed by atoms with Crippen molar-refractivity contribution in [3.63, 3.8) is 0 Å². The first-order valence-electron chi connectivity index (χ1n) is 5.80. The molecule has 4 nitrogen and oxygen atoms in total. The van der Waals surface area contributed by atoms with Gasteiger partial charge in [0.25, 0.3) is 0 Å². The molecule has 0 amide bonds. The Bertz CT molecular complexity index is 637.